The van der Waals surface area contributed by atoms with Gasteiger partial charge in [-0.25, -0.2) is 4.39 Å². The van der Waals surface area contributed by atoms with E-state index in [9.17, 15) is 9.18 Å². The monoisotopic (exact) mass is 283 g/mol. The van der Waals surface area contributed by atoms with Crippen molar-refractivity contribution in [2.24, 2.45) is 0 Å². The van der Waals surface area contributed by atoms with Crippen LogP contribution in [0.1, 0.15) is 31.2 Å². The van der Waals surface area contributed by atoms with Crippen LogP contribution >= 0.6 is 0 Å². The van der Waals surface area contributed by atoms with Crippen molar-refractivity contribution in [1.29, 1.82) is 0 Å². The summed E-state index contributed by atoms with van der Waals surface area (Å²) in [6.45, 7) is 0.832. The molecule has 0 saturated carbocycles. The molecule has 0 spiro atoms. The number of unbranched alkanes of at least 4 members (excludes halogenated alkanes) is 3. The Hall–Kier alpha value is -1.62. The second-order valence-corrected chi connectivity index (χ2v) is 4.63. The fraction of sp³-hybridized carbons (Fsp3) is 0.533. The lowest BCUT2D eigenvalue weighted by Crippen LogP contribution is -2.26. The Balaban J connectivity index is 2.26. The highest BCUT2D eigenvalue weighted by molar-refractivity contribution is 5.78. The molecule has 2 N–H and O–H groups in total. The lowest BCUT2D eigenvalue weighted by Gasteiger charge is -2.07. The maximum Gasteiger partial charge on any atom is 0.224 e. The third kappa shape index (κ3) is 6.02. The molecule has 0 heterocycles. The van der Waals surface area contributed by atoms with Crippen LogP contribution in [0.2, 0.25) is 0 Å². The van der Waals surface area contributed by atoms with Crippen LogP contribution in [0.5, 0.6) is 5.75 Å². The van der Waals surface area contributed by atoms with Gasteiger partial charge in [0.25, 0.3) is 0 Å². The predicted octanol–water partition coefficient (Wildman–Crippen LogP) is 2.05. The van der Waals surface area contributed by atoms with Crippen molar-refractivity contribution < 1.29 is 19.0 Å². The number of halogens is 1. The van der Waals surface area contributed by atoms with E-state index in [1.165, 1.54) is 19.2 Å². The molecule has 5 heteroatoms. The van der Waals surface area contributed by atoms with Gasteiger partial charge in [0.05, 0.1) is 13.5 Å². The van der Waals surface area contributed by atoms with Crippen molar-refractivity contribution in [1.82, 2.24) is 5.32 Å². The van der Waals surface area contributed by atoms with Crippen molar-refractivity contribution >= 4 is 5.91 Å². The van der Waals surface area contributed by atoms with Crippen molar-refractivity contribution in [2.75, 3.05) is 20.3 Å². The van der Waals surface area contributed by atoms with E-state index in [0.717, 1.165) is 25.7 Å². The van der Waals surface area contributed by atoms with E-state index >= 15 is 0 Å². The van der Waals surface area contributed by atoms with Crippen LogP contribution in [-0.4, -0.2) is 31.3 Å². The number of hydrogen-bond donors (Lipinski definition) is 2. The molecule has 1 aromatic carbocycles. The third-order valence-electron chi connectivity index (χ3n) is 2.99. The maximum atomic E-state index is 13.4. The van der Waals surface area contributed by atoms with Crippen LogP contribution in [0.3, 0.4) is 0 Å². The van der Waals surface area contributed by atoms with Gasteiger partial charge in [-0.05, 0) is 30.5 Å². The van der Waals surface area contributed by atoms with Crippen LogP contribution < -0.4 is 10.1 Å². The molecule has 1 rings (SSSR count). The number of amides is 1. The average molecular weight is 283 g/mol. The van der Waals surface area contributed by atoms with Gasteiger partial charge in [-0.1, -0.05) is 18.9 Å². The molecule has 1 amide bonds. The Morgan fingerprint density at radius 2 is 2.05 bits per heavy atom. The number of aliphatic hydroxyl groups excluding tert-OH is 1. The molecular weight excluding hydrogens is 261 g/mol. The van der Waals surface area contributed by atoms with Crippen molar-refractivity contribution in [3.8, 4) is 5.75 Å². The van der Waals surface area contributed by atoms with Gasteiger partial charge in [-0.3, -0.25) is 4.79 Å². The van der Waals surface area contributed by atoms with Gasteiger partial charge < -0.3 is 15.2 Å². The molecule has 20 heavy (non-hydrogen) atoms. The largest absolute Gasteiger partial charge is 0.494 e. The van der Waals surface area contributed by atoms with Gasteiger partial charge in [-0.15, -0.1) is 0 Å². The molecule has 0 saturated heterocycles. The van der Waals surface area contributed by atoms with Crippen LogP contribution in [0.15, 0.2) is 18.2 Å². The summed E-state index contributed by atoms with van der Waals surface area (Å²) in [7, 11) is 1.40. The molecule has 0 atom stereocenters. The summed E-state index contributed by atoms with van der Waals surface area (Å²) in [5.41, 5.74) is 0.626. The SMILES string of the molecule is COc1ccc(CC(=O)NCCCCCCO)cc1F. The number of carbonyl (C=O) groups is 1. The molecule has 0 aromatic heterocycles. The normalized spacial score (nSPS) is 10.3. The summed E-state index contributed by atoms with van der Waals surface area (Å²) in [5, 5.41) is 11.4. The van der Waals surface area contributed by atoms with Gasteiger partial charge >= 0.3 is 0 Å². The number of methoxy groups -OCH3 is 1. The van der Waals surface area contributed by atoms with Crippen LogP contribution in [-0.2, 0) is 11.2 Å². The zero-order valence-electron chi connectivity index (χ0n) is 11.8. The first-order chi connectivity index (χ1) is 9.67. The Morgan fingerprint density at radius 1 is 1.30 bits per heavy atom. The number of rotatable bonds is 9. The van der Waals surface area contributed by atoms with Crippen LogP contribution in [0.4, 0.5) is 4.39 Å². The number of hydrogen-bond acceptors (Lipinski definition) is 3. The lowest BCUT2D eigenvalue weighted by molar-refractivity contribution is -0.120. The van der Waals surface area contributed by atoms with Crippen LogP contribution in [0.25, 0.3) is 0 Å². The second-order valence-electron chi connectivity index (χ2n) is 4.63. The Bertz CT molecular complexity index is 424. The van der Waals surface area contributed by atoms with Gasteiger partial charge in [0, 0.05) is 13.2 Å². The van der Waals surface area contributed by atoms with E-state index < -0.39 is 5.82 Å². The number of aliphatic hydroxyl groups is 1. The van der Waals surface area contributed by atoms with Gasteiger partial charge in [0.2, 0.25) is 5.91 Å². The van der Waals surface area contributed by atoms with E-state index in [4.69, 9.17) is 9.84 Å². The maximum absolute atomic E-state index is 13.4. The summed E-state index contributed by atoms with van der Waals surface area (Å²) < 4.78 is 18.3. The first-order valence-corrected chi connectivity index (χ1v) is 6.87. The topological polar surface area (TPSA) is 58.6 Å². The molecule has 0 aliphatic carbocycles. The van der Waals surface area contributed by atoms with Crippen molar-refractivity contribution in [2.45, 2.75) is 32.1 Å². The van der Waals surface area contributed by atoms with E-state index in [-0.39, 0.29) is 24.7 Å². The minimum absolute atomic E-state index is 0.114. The molecule has 0 fully saturated rings. The van der Waals surface area contributed by atoms with E-state index in [1.807, 2.05) is 0 Å². The highest BCUT2D eigenvalue weighted by atomic mass is 19.1. The molecule has 0 aliphatic heterocycles. The summed E-state index contributed by atoms with van der Waals surface area (Å²) in [6, 6.07) is 4.52. The number of ether oxygens (including phenoxy) is 1. The molecule has 0 radical (unpaired) electrons. The molecule has 0 unspecified atom stereocenters. The fourth-order valence-corrected chi connectivity index (χ4v) is 1.89. The summed E-state index contributed by atoms with van der Waals surface area (Å²) in [6.07, 6.45) is 3.81. The van der Waals surface area contributed by atoms with Crippen LogP contribution in [0, 0.1) is 5.82 Å². The van der Waals surface area contributed by atoms with Crippen molar-refractivity contribution in [3.63, 3.8) is 0 Å². The molecule has 1 aromatic rings. The smallest absolute Gasteiger partial charge is 0.224 e. The van der Waals surface area contributed by atoms with E-state index in [0.29, 0.717) is 12.1 Å². The van der Waals surface area contributed by atoms with Crippen molar-refractivity contribution in [3.05, 3.63) is 29.6 Å². The van der Waals surface area contributed by atoms with Gasteiger partial charge in [0.15, 0.2) is 11.6 Å². The summed E-state index contributed by atoms with van der Waals surface area (Å²) >= 11 is 0. The number of carbonyl (C=O) groups excluding carboxylic acids is 1. The zero-order valence-corrected chi connectivity index (χ0v) is 11.8. The minimum atomic E-state index is -0.457. The first-order valence-electron chi connectivity index (χ1n) is 6.87. The summed E-state index contributed by atoms with van der Waals surface area (Å²) in [5.74, 6) is -0.392. The quantitative estimate of drug-likeness (QED) is 0.682. The fourth-order valence-electron chi connectivity index (χ4n) is 1.89. The number of nitrogens with one attached hydrogen (secondary N) is 1. The second kappa shape index (κ2) is 9.31. The highest BCUT2D eigenvalue weighted by Crippen LogP contribution is 2.17. The average Bonchev–Trinajstić information content (AvgIpc) is 2.43. The Labute approximate surface area is 119 Å². The standard InChI is InChI=1S/C15H22FNO3/c1-20-14-7-6-12(10-13(14)16)11-15(19)17-8-4-2-3-5-9-18/h6-7,10,18H,2-5,8-9,11H2,1H3,(H,17,19). The molecular formula is C15H22FNO3. The Kier molecular flexibility index (Phi) is 7.65. The molecule has 112 valence electrons. The molecule has 0 bridgehead atoms. The number of benzene rings is 1. The van der Waals surface area contributed by atoms with Gasteiger partial charge in [-0.2, -0.15) is 0 Å². The first kappa shape index (κ1) is 16.4. The highest BCUT2D eigenvalue weighted by Gasteiger charge is 2.07. The Morgan fingerprint density at radius 3 is 2.70 bits per heavy atom. The lowest BCUT2D eigenvalue weighted by atomic mass is 10.1. The molecule has 4 nitrogen and oxygen atoms in total. The third-order valence-corrected chi connectivity index (χ3v) is 2.99. The van der Waals surface area contributed by atoms with Gasteiger partial charge in [0.1, 0.15) is 0 Å². The summed E-state index contributed by atoms with van der Waals surface area (Å²) in [4.78, 5) is 11.7. The predicted molar refractivity (Wildman–Crippen MR) is 75.2 cm³/mol. The minimum Gasteiger partial charge on any atom is -0.494 e. The van der Waals surface area contributed by atoms with E-state index in [2.05, 4.69) is 5.32 Å². The van der Waals surface area contributed by atoms with E-state index in [1.54, 1.807) is 6.07 Å². The molecule has 0 aliphatic rings. The zero-order chi connectivity index (χ0) is 14.8.